The van der Waals surface area contributed by atoms with E-state index in [9.17, 15) is 14.9 Å². The second kappa shape index (κ2) is 9.33. The van der Waals surface area contributed by atoms with Crippen LogP contribution in [-0.2, 0) is 16.0 Å². The van der Waals surface area contributed by atoms with Gasteiger partial charge in [0.1, 0.15) is 6.04 Å². The fourth-order valence-electron chi connectivity index (χ4n) is 3.80. The van der Waals surface area contributed by atoms with Crippen molar-refractivity contribution in [2.45, 2.75) is 42.7 Å². The van der Waals surface area contributed by atoms with Crippen molar-refractivity contribution in [1.29, 1.82) is 5.26 Å². The second-order valence-electron chi connectivity index (χ2n) is 7.64. The molecule has 0 aromatic heterocycles. The van der Waals surface area contributed by atoms with Gasteiger partial charge in [0.25, 0.3) is 0 Å². The minimum Gasteiger partial charge on any atom is -0.339 e. The van der Waals surface area contributed by atoms with Gasteiger partial charge in [-0.3, -0.25) is 9.59 Å². The lowest BCUT2D eigenvalue weighted by atomic mass is 10.00. The first kappa shape index (κ1) is 20.5. The summed E-state index contributed by atoms with van der Waals surface area (Å²) in [5.74, 6) is 0.382. The molecule has 2 aromatic carbocycles. The van der Waals surface area contributed by atoms with E-state index in [1.165, 1.54) is 0 Å². The van der Waals surface area contributed by atoms with Crippen molar-refractivity contribution in [3.8, 4) is 17.2 Å². The normalized spacial score (nSPS) is 19.2. The first-order valence-corrected chi connectivity index (χ1v) is 11.2. The summed E-state index contributed by atoms with van der Waals surface area (Å²) < 4.78 is 0. The SMILES string of the molecule is N#CC(Cc1ccc(-c2ccc3c(c2)SCC(=O)N3)cc1)NC(=O)C1CCCCN1. The lowest BCUT2D eigenvalue weighted by molar-refractivity contribution is -0.124. The van der Waals surface area contributed by atoms with Gasteiger partial charge in [-0.2, -0.15) is 5.26 Å². The van der Waals surface area contributed by atoms with Crippen LogP contribution in [0.3, 0.4) is 0 Å². The molecule has 2 aliphatic rings. The largest absolute Gasteiger partial charge is 0.339 e. The van der Waals surface area contributed by atoms with Crippen LogP contribution in [0.25, 0.3) is 11.1 Å². The number of rotatable bonds is 5. The summed E-state index contributed by atoms with van der Waals surface area (Å²) in [6.07, 6.45) is 3.43. The molecule has 7 heteroatoms. The summed E-state index contributed by atoms with van der Waals surface area (Å²) in [5.41, 5.74) is 4.01. The number of nitrogens with one attached hydrogen (secondary N) is 3. The van der Waals surface area contributed by atoms with E-state index in [1.54, 1.807) is 11.8 Å². The first-order valence-electron chi connectivity index (χ1n) is 10.2. The third kappa shape index (κ3) is 4.84. The highest BCUT2D eigenvalue weighted by molar-refractivity contribution is 8.00. The Morgan fingerprint density at radius 3 is 2.73 bits per heavy atom. The molecule has 30 heavy (non-hydrogen) atoms. The molecule has 0 spiro atoms. The number of anilines is 1. The highest BCUT2D eigenvalue weighted by atomic mass is 32.2. The van der Waals surface area contributed by atoms with Crippen molar-refractivity contribution in [3.05, 3.63) is 48.0 Å². The monoisotopic (exact) mass is 420 g/mol. The molecule has 0 aliphatic carbocycles. The predicted octanol–water partition coefficient (Wildman–Crippen LogP) is 3.09. The summed E-state index contributed by atoms with van der Waals surface area (Å²) in [6.45, 7) is 0.852. The van der Waals surface area contributed by atoms with Crippen LogP contribution < -0.4 is 16.0 Å². The standard InChI is InChI=1S/C23H24N4O2S/c24-13-18(26-23(29)20-3-1-2-10-25-20)11-15-4-6-16(7-5-15)17-8-9-19-21(12-17)30-14-22(28)27-19/h4-9,12,18,20,25H,1-3,10-11,14H2,(H,26,29)(H,27,28). The number of benzene rings is 2. The highest BCUT2D eigenvalue weighted by Gasteiger charge is 2.23. The average molecular weight is 421 g/mol. The Morgan fingerprint density at radius 2 is 2.00 bits per heavy atom. The molecule has 6 nitrogen and oxygen atoms in total. The molecule has 4 rings (SSSR count). The lowest BCUT2D eigenvalue weighted by Crippen LogP contribution is -2.49. The Kier molecular flexibility index (Phi) is 6.36. The number of nitriles is 1. The number of nitrogens with zero attached hydrogens (tertiary/aromatic N) is 1. The highest BCUT2D eigenvalue weighted by Crippen LogP contribution is 2.35. The van der Waals surface area contributed by atoms with E-state index in [2.05, 4.69) is 28.1 Å². The topological polar surface area (TPSA) is 94.0 Å². The first-order chi connectivity index (χ1) is 14.6. The van der Waals surface area contributed by atoms with E-state index >= 15 is 0 Å². The van der Waals surface area contributed by atoms with Crippen molar-refractivity contribution < 1.29 is 9.59 Å². The number of carbonyl (C=O) groups is 2. The van der Waals surface area contributed by atoms with E-state index in [1.807, 2.05) is 36.4 Å². The summed E-state index contributed by atoms with van der Waals surface area (Å²) in [6, 6.07) is 15.5. The minimum atomic E-state index is -0.546. The molecule has 2 aromatic rings. The van der Waals surface area contributed by atoms with Gasteiger partial charge in [-0.1, -0.05) is 36.8 Å². The second-order valence-corrected chi connectivity index (χ2v) is 8.66. The van der Waals surface area contributed by atoms with Gasteiger partial charge in [-0.25, -0.2) is 0 Å². The van der Waals surface area contributed by atoms with Gasteiger partial charge in [-0.05, 0) is 48.2 Å². The maximum absolute atomic E-state index is 12.4. The quantitative estimate of drug-likeness (QED) is 0.691. The Bertz CT molecular complexity index is 978. The Hall–Kier alpha value is -2.82. The van der Waals surface area contributed by atoms with Gasteiger partial charge >= 0.3 is 0 Å². The fourth-order valence-corrected chi connectivity index (χ4v) is 4.64. The number of fused-ring (bicyclic) bond motifs is 1. The summed E-state index contributed by atoms with van der Waals surface area (Å²) in [5, 5.41) is 18.5. The van der Waals surface area contributed by atoms with Crippen LogP contribution in [0.15, 0.2) is 47.4 Å². The van der Waals surface area contributed by atoms with Crippen LogP contribution in [0, 0.1) is 11.3 Å². The molecule has 2 heterocycles. The zero-order chi connectivity index (χ0) is 20.9. The van der Waals surface area contributed by atoms with Gasteiger partial charge < -0.3 is 16.0 Å². The Labute approximate surface area is 180 Å². The molecule has 0 radical (unpaired) electrons. The van der Waals surface area contributed by atoms with Crippen molar-refractivity contribution in [1.82, 2.24) is 10.6 Å². The molecular weight excluding hydrogens is 396 g/mol. The maximum Gasteiger partial charge on any atom is 0.238 e. The minimum absolute atomic E-state index is 0.0306. The van der Waals surface area contributed by atoms with Gasteiger partial charge in [0.05, 0.1) is 23.6 Å². The summed E-state index contributed by atoms with van der Waals surface area (Å²) >= 11 is 1.54. The number of carbonyl (C=O) groups excluding carboxylic acids is 2. The molecular formula is C23H24N4O2S. The van der Waals surface area contributed by atoms with E-state index in [0.717, 1.165) is 53.1 Å². The number of hydrogen-bond acceptors (Lipinski definition) is 5. The van der Waals surface area contributed by atoms with Crippen molar-refractivity contribution in [2.75, 3.05) is 17.6 Å². The fraction of sp³-hybridized carbons (Fsp3) is 0.348. The summed E-state index contributed by atoms with van der Waals surface area (Å²) in [7, 11) is 0. The van der Waals surface area contributed by atoms with E-state index in [4.69, 9.17) is 0 Å². The molecule has 2 unspecified atom stereocenters. The smallest absolute Gasteiger partial charge is 0.238 e. The zero-order valence-electron chi connectivity index (χ0n) is 16.6. The van der Waals surface area contributed by atoms with Crippen LogP contribution in [0.1, 0.15) is 24.8 Å². The number of hydrogen-bond donors (Lipinski definition) is 3. The van der Waals surface area contributed by atoms with Crippen molar-refractivity contribution >= 4 is 29.3 Å². The van der Waals surface area contributed by atoms with E-state index in [0.29, 0.717) is 12.2 Å². The van der Waals surface area contributed by atoms with E-state index < -0.39 is 6.04 Å². The third-order valence-electron chi connectivity index (χ3n) is 5.44. The van der Waals surface area contributed by atoms with Crippen LogP contribution in [0.4, 0.5) is 5.69 Å². The predicted molar refractivity (Wildman–Crippen MR) is 118 cm³/mol. The molecule has 1 saturated heterocycles. The number of piperidine rings is 1. The molecule has 3 N–H and O–H groups in total. The van der Waals surface area contributed by atoms with Crippen molar-refractivity contribution in [2.24, 2.45) is 0 Å². The van der Waals surface area contributed by atoms with Gasteiger partial charge in [-0.15, -0.1) is 11.8 Å². The van der Waals surface area contributed by atoms with Crippen LogP contribution >= 0.6 is 11.8 Å². The Balaban J connectivity index is 1.40. The summed E-state index contributed by atoms with van der Waals surface area (Å²) in [4.78, 5) is 25.0. The maximum atomic E-state index is 12.4. The molecule has 2 atom stereocenters. The Morgan fingerprint density at radius 1 is 1.20 bits per heavy atom. The molecule has 2 amide bonds. The number of thioether (sulfide) groups is 1. The van der Waals surface area contributed by atoms with Crippen LogP contribution in [0.5, 0.6) is 0 Å². The third-order valence-corrected chi connectivity index (χ3v) is 6.50. The molecule has 2 aliphatic heterocycles. The zero-order valence-corrected chi connectivity index (χ0v) is 17.4. The van der Waals surface area contributed by atoms with E-state index in [-0.39, 0.29) is 17.9 Å². The van der Waals surface area contributed by atoms with Crippen molar-refractivity contribution in [3.63, 3.8) is 0 Å². The molecule has 0 saturated carbocycles. The molecule has 154 valence electrons. The van der Waals surface area contributed by atoms with Crippen LogP contribution in [-0.4, -0.2) is 36.2 Å². The molecule has 1 fully saturated rings. The average Bonchev–Trinajstić information content (AvgIpc) is 2.79. The number of amides is 2. The molecule has 0 bridgehead atoms. The van der Waals surface area contributed by atoms with Gasteiger partial charge in [0.2, 0.25) is 11.8 Å². The van der Waals surface area contributed by atoms with Gasteiger partial charge in [0.15, 0.2) is 0 Å². The lowest BCUT2D eigenvalue weighted by Gasteiger charge is -2.23. The van der Waals surface area contributed by atoms with Gasteiger partial charge in [0, 0.05) is 11.3 Å². The van der Waals surface area contributed by atoms with Crippen LogP contribution in [0.2, 0.25) is 0 Å².